The van der Waals surface area contributed by atoms with Crippen LogP contribution in [0.4, 0.5) is 5.82 Å². The molecule has 7 atom stereocenters. The number of nitrogen functional groups attached to an aromatic ring is 1. The summed E-state index contributed by atoms with van der Waals surface area (Å²) in [6, 6.07) is 0.488. The van der Waals surface area contributed by atoms with Gasteiger partial charge in [0.25, 0.3) is 0 Å². The Morgan fingerprint density at radius 3 is 2.44 bits per heavy atom. The standard InChI is InChI=1S/C26H40N7O17P3SSi/c1-26(2,21(37)24(38)29-5-4-16(34)28-6-7-54-17(35)11-55-8-3-9-55)12-47-53(44,45)50-52(42,43)46-10-15-20(49-51(39,40)41)19(36)25(48-15)33-14-32-18-22(27)30-13-31-23(18)33/h3,8-9,13-15,19-21,25,36-37H,4-7,10-12H2,1-2H3,(H,28,34)(H,29,38)(H,42,43)(H,44,45)(H2,27,30,31)(H2,39,40,41)/t15-,19-,20-,21+,25-/m1/s1. The van der Waals surface area contributed by atoms with Crippen molar-refractivity contribution < 1.29 is 80.5 Å². The number of allylic oxidation sites excluding steroid dienone is 1. The summed E-state index contributed by atoms with van der Waals surface area (Å²) >= 11 is 1.12. The zero-order valence-corrected chi connectivity index (χ0v) is 33.5. The van der Waals surface area contributed by atoms with Crippen molar-refractivity contribution in [3.8, 4) is 0 Å². The van der Waals surface area contributed by atoms with Crippen molar-refractivity contribution in [1.29, 1.82) is 0 Å². The Bertz CT molecular complexity index is 1950. The number of ether oxygens (including phenoxy) is 1. The van der Waals surface area contributed by atoms with Gasteiger partial charge in [-0.05, 0) is 0 Å². The van der Waals surface area contributed by atoms with E-state index in [1.807, 2.05) is 17.4 Å². The summed E-state index contributed by atoms with van der Waals surface area (Å²) in [6.45, 7) is 0.540. The van der Waals surface area contributed by atoms with E-state index in [0.717, 1.165) is 29.0 Å². The monoisotopic (exact) mass is 875 g/mol. The SMILES string of the molecule is CC(C)(COP(=O)(O)OP(=O)(O)OC[C@H]1O[C@@H](n2cnc3c(N)ncnc32)[C@H](O)[C@@H]1OP(=O)(O)O)[C@@H](O)C(=O)NCCC(=O)NCCSC(=O)C[Si]1=CC=C1. The van der Waals surface area contributed by atoms with Crippen LogP contribution in [0, 0.1) is 5.41 Å². The van der Waals surface area contributed by atoms with E-state index in [-0.39, 0.29) is 41.6 Å². The number of thioether (sulfide) groups is 1. The first kappa shape index (κ1) is 45.1. The summed E-state index contributed by atoms with van der Waals surface area (Å²) < 4.78 is 62.1. The number of carbonyl (C=O) groups is 3. The van der Waals surface area contributed by atoms with Crippen molar-refractivity contribution >= 4 is 83.2 Å². The van der Waals surface area contributed by atoms with Crippen molar-refractivity contribution in [2.75, 3.05) is 37.8 Å². The molecule has 29 heteroatoms. The number of carbonyl (C=O) groups excluding carboxylic acids is 3. The number of nitrogens with two attached hydrogens (primary N) is 1. The Kier molecular flexibility index (Phi) is 15.4. The first-order valence-electron chi connectivity index (χ1n) is 16.0. The molecule has 2 unspecified atom stereocenters. The summed E-state index contributed by atoms with van der Waals surface area (Å²) in [6.07, 6.45) is -4.98. The summed E-state index contributed by atoms with van der Waals surface area (Å²) in [5, 5.41) is 26.4. The van der Waals surface area contributed by atoms with Crippen molar-refractivity contribution in [2.24, 2.45) is 5.41 Å². The van der Waals surface area contributed by atoms with Gasteiger partial charge in [-0.1, -0.05) is 43.1 Å². The molecule has 0 spiro atoms. The number of nitrogens with zero attached hydrogens (tertiary/aromatic N) is 4. The number of imidazole rings is 1. The molecule has 10 N–H and O–H groups in total. The van der Waals surface area contributed by atoms with Gasteiger partial charge in [-0.2, -0.15) is 4.31 Å². The highest BCUT2D eigenvalue weighted by Gasteiger charge is 2.50. The lowest BCUT2D eigenvalue weighted by molar-refractivity contribution is -0.137. The second-order valence-corrected chi connectivity index (χ2v) is 20.1. The number of aliphatic hydroxyl groups excluding tert-OH is 2. The maximum atomic E-state index is 12.7. The number of amides is 2. The fourth-order valence-electron chi connectivity index (χ4n) is 4.86. The Morgan fingerprint density at radius 2 is 1.78 bits per heavy atom. The van der Waals surface area contributed by atoms with Gasteiger partial charge >= 0.3 is 23.5 Å². The zero-order chi connectivity index (χ0) is 40.8. The maximum absolute atomic E-state index is 12.7. The molecule has 306 valence electrons. The molecule has 24 nitrogen and oxygen atoms in total. The van der Waals surface area contributed by atoms with Crippen LogP contribution in [0.25, 0.3) is 11.2 Å². The molecule has 2 aromatic rings. The third kappa shape index (κ3) is 13.2. The molecule has 0 saturated carbocycles. The molecule has 0 radical (unpaired) electrons. The number of anilines is 1. The molecule has 2 aliphatic heterocycles. The summed E-state index contributed by atoms with van der Waals surface area (Å²) in [7, 11) is -17.2. The number of phosphoric acid groups is 3. The van der Waals surface area contributed by atoms with E-state index in [2.05, 4.69) is 34.4 Å². The molecule has 0 bridgehead atoms. The molecule has 55 heavy (non-hydrogen) atoms. The van der Waals surface area contributed by atoms with Crippen LogP contribution in [0.3, 0.4) is 0 Å². The van der Waals surface area contributed by atoms with E-state index in [1.165, 1.54) is 13.8 Å². The minimum absolute atomic E-state index is 0.0315. The molecular weight excluding hydrogens is 835 g/mol. The molecule has 4 heterocycles. The van der Waals surface area contributed by atoms with Crippen LogP contribution < -0.4 is 16.4 Å². The van der Waals surface area contributed by atoms with Gasteiger partial charge in [0.1, 0.15) is 36.3 Å². The van der Waals surface area contributed by atoms with E-state index in [9.17, 15) is 57.9 Å². The number of aromatic nitrogens is 4. The lowest BCUT2D eigenvalue weighted by atomic mass is 9.87. The van der Waals surface area contributed by atoms with E-state index < -0.39 is 93.0 Å². The van der Waals surface area contributed by atoms with Gasteiger partial charge in [-0.25, -0.2) is 28.6 Å². The van der Waals surface area contributed by atoms with E-state index in [0.29, 0.717) is 11.8 Å². The molecule has 2 aromatic heterocycles. The molecule has 0 aliphatic carbocycles. The van der Waals surface area contributed by atoms with Crippen LogP contribution in [0.15, 0.2) is 24.4 Å². The van der Waals surface area contributed by atoms with Crippen molar-refractivity contribution in [3.63, 3.8) is 0 Å². The highest BCUT2D eigenvalue weighted by molar-refractivity contribution is 8.13. The largest absolute Gasteiger partial charge is 0.481 e. The highest BCUT2D eigenvalue weighted by atomic mass is 32.2. The van der Waals surface area contributed by atoms with Gasteiger partial charge in [0.05, 0.1) is 19.5 Å². The Balaban J connectivity index is 1.23. The second-order valence-electron chi connectivity index (χ2n) is 12.6. The summed E-state index contributed by atoms with van der Waals surface area (Å²) in [5.41, 5.74) is 8.30. The summed E-state index contributed by atoms with van der Waals surface area (Å²) in [4.78, 5) is 87.4. The molecule has 1 fully saturated rings. The molecule has 4 rings (SSSR count). The first-order valence-corrected chi connectivity index (χ1v) is 23.4. The van der Waals surface area contributed by atoms with Gasteiger partial charge in [-0.15, -0.1) is 0 Å². The predicted molar refractivity (Wildman–Crippen MR) is 193 cm³/mol. The number of rotatable bonds is 21. The fraction of sp³-hybridized carbons (Fsp3) is 0.577. The van der Waals surface area contributed by atoms with Crippen molar-refractivity contribution in [2.45, 2.75) is 57.0 Å². The van der Waals surface area contributed by atoms with Crippen molar-refractivity contribution in [3.05, 3.63) is 24.4 Å². The number of hydrogen-bond donors (Lipinski definition) is 9. The lowest BCUT2D eigenvalue weighted by Crippen LogP contribution is -2.46. The van der Waals surface area contributed by atoms with Gasteiger partial charge in [0.15, 0.2) is 22.8 Å². The number of nitrogens with one attached hydrogen (secondary N) is 2. The number of aliphatic hydroxyl groups is 2. The third-order valence-corrected chi connectivity index (χ3v) is 13.9. The smallest absolute Gasteiger partial charge is 0.386 e. The van der Waals surface area contributed by atoms with E-state index in [4.69, 9.17) is 19.5 Å². The summed E-state index contributed by atoms with van der Waals surface area (Å²) in [5.74, 6) is -1.05. The normalized spacial score (nSPS) is 22.7. The van der Waals surface area contributed by atoms with Crippen LogP contribution in [0.5, 0.6) is 0 Å². The predicted octanol–water partition coefficient (Wildman–Crippen LogP) is -1.35. The quantitative estimate of drug-likeness (QED) is 0.0398. The Labute approximate surface area is 317 Å². The minimum atomic E-state index is -5.56. The van der Waals surface area contributed by atoms with Gasteiger partial charge in [0, 0.05) is 45.1 Å². The van der Waals surface area contributed by atoms with E-state index >= 15 is 0 Å². The average Bonchev–Trinajstić information content (AvgIpc) is 3.62. The Morgan fingerprint density at radius 1 is 1.09 bits per heavy atom. The number of fused-ring (bicyclic) bond motifs is 1. The average molecular weight is 876 g/mol. The first-order chi connectivity index (χ1) is 25.6. The Hall–Kier alpha value is -2.61. The molecule has 2 amide bonds. The molecule has 2 aliphatic rings. The zero-order valence-electron chi connectivity index (χ0n) is 29.0. The second kappa shape index (κ2) is 18.8. The minimum Gasteiger partial charge on any atom is -0.386 e. The number of hydrogen-bond acceptors (Lipinski definition) is 18. The van der Waals surface area contributed by atoms with Gasteiger partial charge < -0.3 is 50.9 Å². The maximum Gasteiger partial charge on any atom is 0.481 e. The van der Waals surface area contributed by atoms with Crippen LogP contribution in [-0.2, 0) is 50.7 Å². The highest BCUT2D eigenvalue weighted by Crippen LogP contribution is 2.61. The number of phosphoric ester groups is 3. The van der Waals surface area contributed by atoms with Crippen LogP contribution in [-0.4, -0.2) is 137 Å². The van der Waals surface area contributed by atoms with Crippen LogP contribution >= 0.6 is 35.2 Å². The van der Waals surface area contributed by atoms with Crippen molar-refractivity contribution in [1.82, 2.24) is 30.2 Å². The van der Waals surface area contributed by atoms with Gasteiger partial charge in [0.2, 0.25) is 11.8 Å². The molecule has 0 aromatic carbocycles. The van der Waals surface area contributed by atoms with Gasteiger partial charge in [-0.3, -0.25) is 32.5 Å². The fourth-order valence-corrected chi connectivity index (χ4v) is 10.1. The third-order valence-electron chi connectivity index (χ3n) is 7.73. The topological polar surface area (TPSA) is 364 Å². The molecule has 1 saturated heterocycles. The van der Waals surface area contributed by atoms with E-state index in [1.54, 1.807) is 0 Å². The lowest BCUT2D eigenvalue weighted by Gasteiger charge is -2.30. The van der Waals surface area contributed by atoms with Crippen LogP contribution in [0.2, 0.25) is 6.04 Å². The van der Waals surface area contributed by atoms with Crippen LogP contribution in [0.1, 0.15) is 26.5 Å². The molecular formula is C26H40N7O17P3SSi.